The lowest BCUT2D eigenvalue weighted by molar-refractivity contribution is -0.120. The van der Waals surface area contributed by atoms with Crippen molar-refractivity contribution in [3.8, 4) is 0 Å². The summed E-state index contributed by atoms with van der Waals surface area (Å²) in [6.45, 7) is 7.64. The Hall–Kier alpha value is -2.21. The molecule has 2 aromatic rings. The Bertz CT molecular complexity index is 885. The van der Waals surface area contributed by atoms with Crippen molar-refractivity contribution in [2.24, 2.45) is 0 Å². The molecule has 30 heavy (non-hydrogen) atoms. The van der Waals surface area contributed by atoms with E-state index in [0.717, 1.165) is 55.7 Å². The molecule has 0 aromatic heterocycles. The second-order valence-corrected chi connectivity index (χ2v) is 8.98. The van der Waals surface area contributed by atoms with Crippen molar-refractivity contribution in [3.05, 3.63) is 65.2 Å². The molecule has 0 unspecified atom stereocenters. The topological polar surface area (TPSA) is 55.8 Å². The number of carbonyl (C=O) groups excluding carboxylic acids is 1. The third kappa shape index (κ3) is 4.43. The molecule has 2 aromatic carbocycles. The van der Waals surface area contributed by atoms with Gasteiger partial charge in [-0.05, 0) is 62.4 Å². The van der Waals surface area contributed by atoms with E-state index in [1.807, 2.05) is 38.1 Å². The predicted octanol–water partition coefficient (Wildman–Crippen LogP) is 3.34. The van der Waals surface area contributed by atoms with Crippen molar-refractivity contribution < 1.29 is 9.90 Å². The van der Waals surface area contributed by atoms with Gasteiger partial charge in [0.2, 0.25) is 5.91 Å². The third-order valence-corrected chi connectivity index (χ3v) is 6.83. The largest absolute Gasteiger partial charge is 0.390 e. The second-order valence-electron chi connectivity index (χ2n) is 8.98. The van der Waals surface area contributed by atoms with Crippen LogP contribution in [0.4, 0.5) is 5.69 Å². The smallest absolute Gasteiger partial charge is 0.238 e. The molecule has 1 spiro atoms. The predicted molar refractivity (Wildman–Crippen MR) is 120 cm³/mol. The molecule has 4 rings (SSSR count). The van der Waals surface area contributed by atoms with Gasteiger partial charge in [0.25, 0.3) is 0 Å². The number of nitrogens with one attached hydrogen (secondary N) is 1. The molecule has 0 bridgehead atoms. The van der Waals surface area contributed by atoms with Gasteiger partial charge in [0.15, 0.2) is 0 Å². The minimum atomic E-state index is -0.439. The van der Waals surface area contributed by atoms with E-state index in [9.17, 15) is 9.90 Å². The number of piperidine rings is 1. The van der Waals surface area contributed by atoms with Crippen LogP contribution in [0.2, 0.25) is 0 Å². The lowest BCUT2D eigenvalue weighted by Crippen LogP contribution is -2.61. The number of likely N-dealkylation sites (tertiary alicyclic amines) is 2. The monoisotopic (exact) mass is 407 g/mol. The SMILES string of the molecule is Cc1ccc(C)c(NC(=O)CN2CC[C@@]3(CCCN3Cc3ccccc3)[C@@H](O)C2)c1. The standard InChI is InChI=1S/C25H33N3O2/c1-19-9-10-20(2)22(15-19)26-24(30)18-27-14-12-25(23(29)17-27)11-6-13-28(25)16-21-7-4-3-5-8-21/h3-5,7-10,15,23,29H,6,11-14,16-18H2,1-2H3,(H,26,30)/t23-,25-/m0/s1. The second kappa shape index (κ2) is 8.88. The van der Waals surface area contributed by atoms with Crippen molar-refractivity contribution in [3.63, 3.8) is 0 Å². The zero-order valence-corrected chi connectivity index (χ0v) is 18.1. The van der Waals surface area contributed by atoms with E-state index in [-0.39, 0.29) is 11.4 Å². The molecule has 160 valence electrons. The number of β-amino-alcohol motifs (C(OH)–C–C–N with tert-alkyl or cyclic N) is 1. The van der Waals surface area contributed by atoms with Crippen molar-refractivity contribution in [1.82, 2.24) is 9.80 Å². The number of amides is 1. The van der Waals surface area contributed by atoms with Gasteiger partial charge in [0.1, 0.15) is 0 Å². The van der Waals surface area contributed by atoms with Gasteiger partial charge in [-0.25, -0.2) is 0 Å². The van der Waals surface area contributed by atoms with Gasteiger partial charge in [0.05, 0.1) is 12.6 Å². The summed E-state index contributed by atoms with van der Waals surface area (Å²) >= 11 is 0. The molecular formula is C25H33N3O2. The fourth-order valence-corrected chi connectivity index (χ4v) is 5.09. The molecule has 2 atom stereocenters. The molecule has 2 aliphatic rings. The van der Waals surface area contributed by atoms with Gasteiger partial charge in [-0.15, -0.1) is 0 Å². The molecule has 5 nitrogen and oxygen atoms in total. The number of carbonyl (C=O) groups is 1. The number of aliphatic hydroxyl groups is 1. The molecule has 5 heteroatoms. The van der Waals surface area contributed by atoms with Crippen LogP contribution in [-0.2, 0) is 11.3 Å². The molecule has 0 saturated carbocycles. The Kier molecular flexibility index (Phi) is 6.23. The summed E-state index contributed by atoms with van der Waals surface area (Å²) in [6, 6.07) is 16.6. The van der Waals surface area contributed by atoms with Crippen molar-refractivity contribution in [1.29, 1.82) is 0 Å². The number of nitrogens with zero attached hydrogens (tertiary/aromatic N) is 2. The first kappa shape index (κ1) is 21.0. The van der Waals surface area contributed by atoms with Crippen LogP contribution < -0.4 is 5.32 Å². The Labute approximate surface area is 179 Å². The lowest BCUT2D eigenvalue weighted by Gasteiger charge is -2.48. The van der Waals surface area contributed by atoms with Crippen LogP contribution in [0.1, 0.15) is 36.0 Å². The molecule has 2 fully saturated rings. The van der Waals surface area contributed by atoms with Crippen LogP contribution in [0, 0.1) is 13.8 Å². The maximum absolute atomic E-state index is 12.6. The normalized spacial score (nSPS) is 25.0. The zero-order valence-electron chi connectivity index (χ0n) is 18.1. The van der Waals surface area contributed by atoms with E-state index < -0.39 is 6.10 Å². The quantitative estimate of drug-likeness (QED) is 0.798. The highest BCUT2D eigenvalue weighted by Crippen LogP contribution is 2.39. The van der Waals surface area contributed by atoms with E-state index >= 15 is 0 Å². The first-order chi connectivity index (χ1) is 14.5. The Morgan fingerprint density at radius 3 is 2.70 bits per heavy atom. The van der Waals surface area contributed by atoms with Gasteiger partial charge in [0, 0.05) is 30.9 Å². The molecule has 0 aliphatic carbocycles. The lowest BCUT2D eigenvalue weighted by atomic mass is 9.82. The number of hydrogen-bond acceptors (Lipinski definition) is 4. The Balaban J connectivity index is 1.36. The summed E-state index contributed by atoms with van der Waals surface area (Å²) in [5.41, 5.74) is 4.20. The Morgan fingerprint density at radius 2 is 1.93 bits per heavy atom. The van der Waals surface area contributed by atoms with Crippen LogP contribution >= 0.6 is 0 Å². The number of benzene rings is 2. The molecule has 2 heterocycles. The highest BCUT2D eigenvalue weighted by atomic mass is 16.3. The minimum Gasteiger partial charge on any atom is -0.390 e. The minimum absolute atomic E-state index is 0.0144. The van der Waals surface area contributed by atoms with Gasteiger partial charge in [-0.3, -0.25) is 14.6 Å². The van der Waals surface area contributed by atoms with Gasteiger partial charge >= 0.3 is 0 Å². The summed E-state index contributed by atoms with van der Waals surface area (Å²) < 4.78 is 0. The summed E-state index contributed by atoms with van der Waals surface area (Å²) in [5.74, 6) is -0.0144. The van der Waals surface area contributed by atoms with E-state index in [4.69, 9.17) is 0 Å². The maximum Gasteiger partial charge on any atom is 0.238 e. The number of hydrogen-bond donors (Lipinski definition) is 2. The molecule has 2 aliphatic heterocycles. The number of aryl methyl sites for hydroxylation is 2. The van der Waals surface area contributed by atoms with Crippen LogP contribution in [0.25, 0.3) is 0 Å². The third-order valence-electron chi connectivity index (χ3n) is 6.83. The van der Waals surface area contributed by atoms with E-state index in [0.29, 0.717) is 13.1 Å². The van der Waals surface area contributed by atoms with Crippen molar-refractivity contribution in [2.75, 3.05) is 31.5 Å². The number of aliphatic hydroxyl groups excluding tert-OH is 1. The number of anilines is 1. The van der Waals surface area contributed by atoms with Gasteiger partial charge < -0.3 is 10.4 Å². The van der Waals surface area contributed by atoms with E-state index in [1.54, 1.807) is 0 Å². The van der Waals surface area contributed by atoms with Crippen molar-refractivity contribution >= 4 is 11.6 Å². The molecule has 2 N–H and O–H groups in total. The Morgan fingerprint density at radius 1 is 1.13 bits per heavy atom. The molecule has 1 amide bonds. The highest BCUT2D eigenvalue weighted by Gasteiger charge is 2.49. The first-order valence-corrected chi connectivity index (χ1v) is 11.0. The van der Waals surface area contributed by atoms with E-state index in [1.165, 1.54) is 5.56 Å². The summed E-state index contributed by atoms with van der Waals surface area (Å²) in [7, 11) is 0. The van der Waals surface area contributed by atoms with Gasteiger partial charge in [-0.2, -0.15) is 0 Å². The average Bonchev–Trinajstić information content (AvgIpc) is 3.12. The fraction of sp³-hybridized carbons (Fsp3) is 0.480. The summed E-state index contributed by atoms with van der Waals surface area (Å²) in [6.07, 6.45) is 2.61. The van der Waals surface area contributed by atoms with Crippen LogP contribution in [0.15, 0.2) is 48.5 Å². The zero-order chi connectivity index (χ0) is 21.1. The fourth-order valence-electron chi connectivity index (χ4n) is 5.09. The molecular weight excluding hydrogens is 374 g/mol. The van der Waals surface area contributed by atoms with Gasteiger partial charge in [-0.1, -0.05) is 42.5 Å². The number of rotatable bonds is 5. The highest BCUT2D eigenvalue weighted by molar-refractivity contribution is 5.93. The average molecular weight is 408 g/mol. The first-order valence-electron chi connectivity index (χ1n) is 11.0. The molecule has 2 saturated heterocycles. The van der Waals surface area contributed by atoms with Crippen molar-refractivity contribution in [2.45, 2.75) is 51.3 Å². The van der Waals surface area contributed by atoms with E-state index in [2.05, 4.69) is 39.4 Å². The van der Waals surface area contributed by atoms with Crippen LogP contribution in [0.3, 0.4) is 0 Å². The van der Waals surface area contributed by atoms with Crippen LogP contribution in [0.5, 0.6) is 0 Å². The maximum atomic E-state index is 12.6. The summed E-state index contributed by atoms with van der Waals surface area (Å²) in [4.78, 5) is 17.2. The van der Waals surface area contributed by atoms with Crippen LogP contribution in [-0.4, -0.2) is 58.6 Å². The molecule has 0 radical (unpaired) electrons. The summed E-state index contributed by atoms with van der Waals surface area (Å²) in [5, 5.41) is 14.2.